The number of hydrogen-bond donors (Lipinski definition) is 1. The first-order valence-electron chi connectivity index (χ1n) is 7.37. The largest absolute Gasteiger partial charge is 0.377 e. The van der Waals surface area contributed by atoms with Crippen LogP contribution in [0.5, 0.6) is 0 Å². The SMILES string of the molecule is CNC(Cc1ccc(Cl)s1)C1(OC)CCC(C)(C)CC1. The minimum atomic E-state index is -0.0409. The fourth-order valence-corrected chi connectivity index (χ4v) is 4.39. The molecule has 2 rings (SSSR count). The van der Waals surface area contributed by atoms with Crippen molar-refractivity contribution in [2.24, 2.45) is 5.41 Å². The zero-order valence-corrected chi connectivity index (χ0v) is 14.5. The van der Waals surface area contributed by atoms with Crippen LogP contribution in [0.15, 0.2) is 12.1 Å². The summed E-state index contributed by atoms with van der Waals surface area (Å²) in [4.78, 5) is 1.33. The van der Waals surface area contributed by atoms with Gasteiger partial charge >= 0.3 is 0 Å². The molecule has 1 aromatic heterocycles. The summed E-state index contributed by atoms with van der Waals surface area (Å²) < 4.78 is 6.88. The molecule has 0 amide bonds. The van der Waals surface area contributed by atoms with Crippen LogP contribution in [0, 0.1) is 5.41 Å². The molecule has 1 heterocycles. The molecule has 4 heteroatoms. The third-order valence-corrected chi connectivity index (χ3v) is 6.13. The molecule has 1 N–H and O–H groups in total. The molecule has 1 atom stereocenters. The Kier molecular flexibility index (Phi) is 5.17. The van der Waals surface area contributed by atoms with E-state index >= 15 is 0 Å². The van der Waals surface area contributed by atoms with Crippen LogP contribution < -0.4 is 5.32 Å². The Balaban J connectivity index is 2.11. The summed E-state index contributed by atoms with van der Waals surface area (Å²) in [5.74, 6) is 0. The molecule has 1 saturated carbocycles. The van der Waals surface area contributed by atoms with Crippen molar-refractivity contribution < 1.29 is 4.74 Å². The fraction of sp³-hybridized carbons (Fsp3) is 0.750. The molecular formula is C16H26ClNOS. The van der Waals surface area contributed by atoms with Gasteiger partial charge in [-0.1, -0.05) is 25.4 Å². The van der Waals surface area contributed by atoms with Crippen molar-refractivity contribution in [3.8, 4) is 0 Å². The number of hydrogen-bond acceptors (Lipinski definition) is 3. The highest BCUT2D eigenvalue weighted by atomic mass is 35.5. The summed E-state index contributed by atoms with van der Waals surface area (Å²) in [6.07, 6.45) is 5.69. The molecule has 0 aliphatic heterocycles. The van der Waals surface area contributed by atoms with E-state index in [1.165, 1.54) is 17.7 Å². The van der Waals surface area contributed by atoms with Crippen LogP contribution in [-0.2, 0) is 11.2 Å². The highest BCUT2D eigenvalue weighted by Crippen LogP contribution is 2.44. The average Bonchev–Trinajstić information content (AvgIpc) is 2.83. The quantitative estimate of drug-likeness (QED) is 0.862. The van der Waals surface area contributed by atoms with Crippen LogP contribution in [0.4, 0.5) is 0 Å². The second kappa shape index (κ2) is 6.35. The van der Waals surface area contributed by atoms with Gasteiger partial charge in [0.1, 0.15) is 0 Å². The van der Waals surface area contributed by atoms with E-state index in [2.05, 4.69) is 25.2 Å². The Morgan fingerprint density at radius 1 is 1.30 bits per heavy atom. The number of nitrogens with one attached hydrogen (secondary N) is 1. The predicted octanol–water partition coefficient (Wildman–Crippen LogP) is 4.52. The van der Waals surface area contributed by atoms with Crippen molar-refractivity contribution in [2.75, 3.05) is 14.2 Å². The Hall–Kier alpha value is -0.0900. The van der Waals surface area contributed by atoms with Gasteiger partial charge < -0.3 is 10.1 Å². The Bertz CT molecular complexity index is 433. The van der Waals surface area contributed by atoms with Crippen molar-refractivity contribution in [3.05, 3.63) is 21.3 Å². The van der Waals surface area contributed by atoms with Gasteiger partial charge in [-0.05, 0) is 56.7 Å². The van der Waals surface area contributed by atoms with Crippen LogP contribution >= 0.6 is 22.9 Å². The van der Waals surface area contributed by atoms with Gasteiger partial charge in [0.15, 0.2) is 0 Å². The van der Waals surface area contributed by atoms with Crippen molar-refractivity contribution in [1.82, 2.24) is 5.32 Å². The van der Waals surface area contributed by atoms with Crippen LogP contribution in [0.3, 0.4) is 0 Å². The van der Waals surface area contributed by atoms with Gasteiger partial charge in [0.05, 0.1) is 9.94 Å². The summed E-state index contributed by atoms with van der Waals surface area (Å²) in [5, 5.41) is 3.49. The van der Waals surface area contributed by atoms with E-state index in [0.29, 0.717) is 11.5 Å². The Morgan fingerprint density at radius 2 is 1.95 bits per heavy atom. The van der Waals surface area contributed by atoms with E-state index < -0.39 is 0 Å². The van der Waals surface area contributed by atoms with Gasteiger partial charge in [-0.25, -0.2) is 0 Å². The van der Waals surface area contributed by atoms with E-state index in [4.69, 9.17) is 16.3 Å². The molecule has 20 heavy (non-hydrogen) atoms. The summed E-state index contributed by atoms with van der Waals surface area (Å²) in [6.45, 7) is 4.72. The Morgan fingerprint density at radius 3 is 2.40 bits per heavy atom. The minimum absolute atomic E-state index is 0.0409. The van der Waals surface area contributed by atoms with Crippen molar-refractivity contribution in [2.45, 2.75) is 57.6 Å². The minimum Gasteiger partial charge on any atom is -0.377 e. The van der Waals surface area contributed by atoms with Gasteiger partial charge in [-0.2, -0.15) is 0 Å². The molecule has 1 aromatic rings. The first-order valence-corrected chi connectivity index (χ1v) is 8.57. The standard InChI is InChI=1S/C16H26ClNOS/c1-15(2)7-9-16(19-4,10-8-15)13(18-3)11-12-5-6-14(17)20-12/h5-6,13,18H,7-11H2,1-4H3. The highest BCUT2D eigenvalue weighted by Gasteiger charge is 2.43. The third-order valence-electron chi connectivity index (χ3n) is 4.87. The van der Waals surface area contributed by atoms with E-state index in [9.17, 15) is 0 Å². The van der Waals surface area contributed by atoms with Crippen molar-refractivity contribution in [1.29, 1.82) is 0 Å². The van der Waals surface area contributed by atoms with Gasteiger partial charge in [-0.15, -0.1) is 11.3 Å². The fourth-order valence-electron chi connectivity index (χ4n) is 3.26. The lowest BCUT2D eigenvalue weighted by Gasteiger charge is -2.47. The number of methoxy groups -OCH3 is 1. The second-order valence-corrected chi connectivity index (χ2v) is 8.48. The third kappa shape index (κ3) is 3.56. The lowest BCUT2D eigenvalue weighted by atomic mass is 9.68. The summed E-state index contributed by atoms with van der Waals surface area (Å²) in [7, 11) is 3.91. The lowest BCUT2D eigenvalue weighted by molar-refractivity contribution is -0.0846. The topological polar surface area (TPSA) is 21.3 Å². The summed E-state index contributed by atoms with van der Waals surface area (Å²) >= 11 is 7.72. The van der Waals surface area contributed by atoms with Crippen molar-refractivity contribution >= 4 is 22.9 Å². The van der Waals surface area contributed by atoms with E-state index in [1.807, 2.05) is 20.2 Å². The monoisotopic (exact) mass is 315 g/mol. The number of thiophene rings is 1. The first kappa shape index (κ1) is 16.3. The molecule has 0 radical (unpaired) electrons. The zero-order valence-electron chi connectivity index (χ0n) is 13.0. The second-order valence-electron chi connectivity index (χ2n) is 6.68. The van der Waals surface area contributed by atoms with Crippen molar-refractivity contribution in [3.63, 3.8) is 0 Å². The van der Waals surface area contributed by atoms with Crippen LogP contribution in [0.2, 0.25) is 4.34 Å². The molecule has 2 nitrogen and oxygen atoms in total. The number of halogens is 1. The van der Waals surface area contributed by atoms with Gasteiger partial charge in [0, 0.05) is 18.0 Å². The van der Waals surface area contributed by atoms with Crippen LogP contribution in [-0.4, -0.2) is 25.8 Å². The van der Waals surface area contributed by atoms with Gasteiger partial charge in [0.25, 0.3) is 0 Å². The predicted molar refractivity (Wildman–Crippen MR) is 87.9 cm³/mol. The van der Waals surface area contributed by atoms with Crippen LogP contribution in [0.25, 0.3) is 0 Å². The molecule has 0 saturated heterocycles. The molecule has 0 aromatic carbocycles. The highest BCUT2D eigenvalue weighted by molar-refractivity contribution is 7.16. The van der Waals surface area contributed by atoms with Gasteiger partial charge in [-0.3, -0.25) is 0 Å². The summed E-state index contributed by atoms with van der Waals surface area (Å²) in [6, 6.07) is 4.46. The Labute approximate surface area is 131 Å². The normalized spacial score (nSPS) is 22.6. The maximum Gasteiger partial charge on any atom is 0.0931 e. The molecule has 0 spiro atoms. The van der Waals surface area contributed by atoms with E-state index in [-0.39, 0.29) is 5.60 Å². The van der Waals surface area contributed by atoms with E-state index in [1.54, 1.807) is 11.3 Å². The number of rotatable bonds is 5. The maximum absolute atomic E-state index is 6.05. The van der Waals surface area contributed by atoms with E-state index in [0.717, 1.165) is 23.6 Å². The maximum atomic E-state index is 6.05. The summed E-state index contributed by atoms with van der Waals surface area (Å²) in [5.41, 5.74) is 0.410. The zero-order chi connectivity index (χ0) is 14.8. The molecule has 1 fully saturated rings. The first-order chi connectivity index (χ1) is 9.41. The smallest absolute Gasteiger partial charge is 0.0931 e. The molecular weight excluding hydrogens is 290 g/mol. The molecule has 1 unspecified atom stereocenters. The molecule has 1 aliphatic rings. The lowest BCUT2D eigenvalue weighted by Crippen LogP contribution is -2.54. The van der Waals surface area contributed by atoms with Crippen LogP contribution in [0.1, 0.15) is 44.4 Å². The van der Waals surface area contributed by atoms with Gasteiger partial charge in [0.2, 0.25) is 0 Å². The molecule has 114 valence electrons. The molecule has 1 aliphatic carbocycles. The number of likely N-dealkylation sites (N-methyl/N-ethyl adjacent to an activating group) is 1. The number of ether oxygens (including phenoxy) is 1. The average molecular weight is 316 g/mol. The molecule has 0 bridgehead atoms.